The second-order valence-corrected chi connectivity index (χ2v) is 8.17. The minimum Gasteiger partial charge on any atom is -0.309 e. The number of para-hydroxylation sites is 1. The van der Waals surface area contributed by atoms with Gasteiger partial charge in [0.25, 0.3) is 5.91 Å². The summed E-state index contributed by atoms with van der Waals surface area (Å²) in [5.74, 6) is -0.103. The highest BCUT2D eigenvalue weighted by Crippen LogP contribution is 2.31. The van der Waals surface area contributed by atoms with Crippen LogP contribution >= 0.6 is 11.3 Å². The van der Waals surface area contributed by atoms with Crippen LogP contribution in [-0.4, -0.2) is 48.8 Å². The molecule has 1 aromatic heterocycles. The molecule has 0 bridgehead atoms. The molecule has 2 aromatic carbocycles. The Morgan fingerprint density at radius 1 is 1.00 bits per heavy atom. The zero-order valence-electron chi connectivity index (χ0n) is 16.7. The van der Waals surface area contributed by atoms with Crippen LogP contribution in [0.3, 0.4) is 0 Å². The number of amides is 1. The molecule has 0 saturated heterocycles. The first-order valence-electron chi connectivity index (χ1n) is 9.30. The Kier molecular flexibility index (Phi) is 6.21. The minimum atomic E-state index is -0.0921. The zero-order chi connectivity index (χ0) is 20.3. The van der Waals surface area contributed by atoms with Crippen LogP contribution in [0.15, 0.2) is 42.5 Å². The molecule has 5 nitrogen and oxygen atoms in total. The number of thiazole rings is 1. The number of carbonyl (C=O) groups excluding carboxylic acids is 2. The third kappa shape index (κ3) is 4.46. The van der Waals surface area contributed by atoms with E-state index >= 15 is 0 Å². The maximum atomic E-state index is 13.3. The second kappa shape index (κ2) is 8.63. The molecule has 1 heterocycles. The van der Waals surface area contributed by atoms with E-state index in [2.05, 4.69) is 4.90 Å². The molecule has 0 N–H and O–H groups in total. The smallest absolute Gasteiger partial charge is 0.260 e. The summed E-state index contributed by atoms with van der Waals surface area (Å²) < 4.78 is 1.08. The molecule has 0 unspecified atom stereocenters. The van der Waals surface area contributed by atoms with Gasteiger partial charge in [0, 0.05) is 17.7 Å². The number of anilines is 1. The Morgan fingerprint density at radius 3 is 2.29 bits per heavy atom. The summed E-state index contributed by atoms with van der Waals surface area (Å²) in [4.78, 5) is 33.4. The highest BCUT2D eigenvalue weighted by Gasteiger charge is 2.21. The van der Waals surface area contributed by atoms with E-state index < -0.39 is 0 Å². The fraction of sp³-hybridized carbons (Fsp3) is 0.318. The van der Waals surface area contributed by atoms with E-state index in [4.69, 9.17) is 4.98 Å². The molecule has 0 aliphatic rings. The molecule has 0 aliphatic carbocycles. The van der Waals surface area contributed by atoms with Gasteiger partial charge in [-0.1, -0.05) is 35.6 Å². The topological polar surface area (TPSA) is 53.5 Å². The van der Waals surface area contributed by atoms with Crippen molar-refractivity contribution in [3.8, 4) is 0 Å². The lowest BCUT2D eigenvalue weighted by Gasteiger charge is -2.21. The second-order valence-electron chi connectivity index (χ2n) is 7.17. The first-order chi connectivity index (χ1) is 13.4. The van der Waals surface area contributed by atoms with Gasteiger partial charge >= 0.3 is 0 Å². The molecule has 0 saturated carbocycles. The predicted octanol–water partition coefficient (Wildman–Crippen LogP) is 4.41. The summed E-state index contributed by atoms with van der Waals surface area (Å²) in [6, 6.07) is 12.9. The number of fused-ring (bicyclic) bond motifs is 1. The molecular weight excluding hydrogens is 370 g/mol. The average Bonchev–Trinajstić information content (AvgIpc) is 3.10. The van der Waals surface area contributed by atoms with Crippen molar-refractivity contribution in [1.29, 1.82) is 0 Å². The van der Waals surface area contributed by atoms with Gasteiger partial charge in [-0.25, -0.2) is 4.98 Å². The Morgan fingerprint density at radius 2 is 1.68 bits per heavy atom. The van der Waals surface area contributed by atoms with E-state index in [1.807, 2.05) is 39.2 Å². The zero-order valence-corrected chi connectivity index (χ0v) is 17.5. The normalized spacial score (nSPS) is 11.2. The maximum absolute atomic E-state index is 13.3. The summed E-state index contributed by atoms with van der Waals surface area (Å²) >= 11 is 1.54. The Labute approximate surface area is 169 Å². The fourth-order valence-electron chi connectivity index (χ4n) is 3.02. The van der Waals surface area contributed by atoms with Gasteiger partial charge < -0.3 is 4.90 Å². The van der Waals surface area contributed by atoms with Gasteiger partial charge in [0.2, 0.25) is 0 Å². The molecule has 0 spiro atoms. The van der Waals surface area contributed by atoms with Gasteiger partial charge in [-0.05, 0) is 64.7 Å². The summed E-state index contributed by atoms with van der Waals surface area (Å²) in [5.41, 5.74) is 3.21. The molecule has 28 heavy (non-hydrogen) atoms. The number of hydrogen-bond acceptors (Lipinski definition) is 5. The van der Waals surface area contributed by atoms with E-state index in [1.165, 1.54) is 18.3 Å². The highest BCUT2D eigenvalue weighted by molar-refractivity contribution is 7.22. The van der Waals surface area contributed by atoms with Gasteiger partial charge in [-0.15, -0.1) is 0 Å². The molecule has 0 atom stereocenters. The van der Waals surface area contributed by atoms with Crippen molar-refractivity contribution in [3.63, 3.8) is 0 Å². The number of hydrogen-bond donors (Lipinski definition) is 0. The lowest BCUT2D eigenvalue weighted by atomic mass is 10.1. The predicted molar refractivity (Wildman–Crippen MR) is 116 cm³/mol. The van der Waals surface area contributed by atoms with Gasteiger partial charge in [0.15, 0.2) is 10.9 Å². The van der Waals surface area contributed by atoms with Crippen molar-refractivity contribution >= 4 is 38.4 Å². The third-order valence-electron chi connectivity index (χ3n) is 4.61. The minimum absolute atomic E-state index is 0.0107. The van der Waals surface area contributed by atoms with Gasteiger partial charge in [0.05, 0.1) is 10.2 Å². The first-order valence-corrected chi connectivity index (χ1v) is 10.1. The molecule has 146 valence electrons. The van der Waals surface area contributed by atoms with E-state index in [1.54, 1.807) is 29.2 Å². The van der Waals surface area contributed by atoms with Crippen molar-refractivity contribution in [3.05, 3.63) is 59.2 Å². The van der Waals surface area contributed by atoms with Crippen LogP contribution in [0.25, 0.3) is 10.2 Å². The number of aryl methyl sites for hydroxylation is 1. The van der Waals surface area contributed by atoms with E-state index in [9.17, 15) is 9.59 Å². The third-order valence-corrected chi connectivity index (χ3v) is 5.65. The van der Waals surface area contributed by atoms with Crippen molar-refractivity contribution in [2.75, 3.05) is 32.1 Å². The number of Topliss-reactive ketones (excluding diaryl/α,β-unsaturated/α-hetero) is 1. The average molecular weight is 396 g/mol. The highest BCUT2D eigenvalue weighted by atomic mass is 32.1. The number of aromatic nitrogens is 1. The largest absolute Gasteiger partial charge is 0.309 e. The monoisotopic (exact) mass is 395 g/mol. The van der Waals surface area contributed by atoms with Crippen molar-refractivity contribution in [2.45, 2.75) is 20.3 Å². The number of ketones is 1. The van der Waals surface area contributed by atoms with Gasteiger partial charge in [-0.2, -0.15) is 0 Å². The number of rotatable bonds is 7. The van der Waals surface area contributed by atoms with Crippen LogP contribution in [0.2, 0.25) is 0 Å². The molecule has 0 fully saturated rings. The van der Waals surface area contributed by atoms with E-state index in [0.717, 1.165) is 28.7 Å². The Bertz CT molecular complexity index is 993. The van der Waals surface area contributed by atoms with Gasteiger partial charge in [0.1, 0.15) is 0 Å². The summed E-state index contributed by atoms with van der Waals surface area (Å²) in [5, 5.41) is 0.712. The van der Waals surface area contributed by atoms with Crippen LogP contribution in [-0.2, 0) is 0 Å². The van der Waals surface area contributed by atoms with Gasteiger partial charge in [-0.3, -0.25) is 14.5 Å². The SMILES string of the molecule is CC(=O)c1ccc(C(=O)N(CCCN(C)C)c2nc3c(C)cccc3s2)cc1. The molecule has 6 heteroatoms. The fourth-order valence-corrected chi connectivity index (χ4v) is 4.09. The maximum Gasteiger partial charge on any atom is 0.260 e. The van der Waals surface area contributed by atoms with Crippen LogP contribution in [0, 0.1) is 6.92 Å². The van der Waals surface area contributed by atoms with E-state index in [-0.39, 0.29) is 11.7 Å². The molecule has 0 radical (unpaired) electrons. The van der Waals surface area contributed by atoms with E-state index in [0.29, 0.717) is 22.8 Å². The molecule has 3 aromatic rings. The lowest BCUT2D eigenvalue weighted by Crippen LogP contribution is -2.33. The van der Waals surface area contributed by atoms with Crippen LogP contribution < -0.4 is 4.90 Å². The standard InChI is InChI=1S/C22H25N3O2S/c1-15-7-5-8-19-20(15)23-22(28-19)25(14-6-13-24(3)4)21(27)18-11-9-17(10-12-18)16(2)26/h5,7-12H,6,13-14H2,1-4H3. The Hall–Kier alpha value is -2.57. The number of nitrogens with zero attached hydrogens (tertiary/aromatic N) is 3. The Balaban J connectivity index is 1.94. The first kappa shape index (κ1) is 20.2. The lowest BCUT2D eigenvalue weighted by molar-refractivity contribution is 0.0981. The van der Waals surface area contributed by atoms with Crippen molar-refractivity contribution in [1.82, 2.24) is 9.88 Å². The summed E-state index contributed by atoms with van der Waals surface area (Å²) in [7, 11) is 4.04. The summed E-state index contributed by atoms with van der Waals surface area (Å²) in [6.45, 7) is 5.03. The molecular formula is C22H25N3O2S. The number of benzene rings is 2. The molecule has 0 aliphatic heterocycles. The van der Waals surface area contributed by atoms with Crippen LogP contribution in [0.4, 0.5) is 5.13 Å². The molecule has 1 amide bonds. The number of carbonyl (C=O) groups is 2. The van der Waals surface area contributed by atoms with Crippen LogP contribution in [0.5, 0.6) is 0 Å². The van der Waals surface area contributed by atoms with Crippen LogP contribution in [0.1, 0.15) is 39.6 Å². The quantitative estimate of drug-likeness (QED) is 0.556. The van der Waals surface area contributed by atoms with Crippen molar-refractivity contribution < 1.29 is 9.59 Å². The molecule has 3 rings (SSSR count). The summed E-state index contributed by atoms with van der Waals surface area (Å²) in [6.07, 6.45) is 0.846. The van der Waals surface area contributed by atoms with Crippen molar-refractivity contribution in [2.24, 2.45) is 0 Å².